The molecule has 14 heteroatoms. The van der Waals surface area contributed by atoms with Crippen LogP contribution in [0.3, 0.4) is 0 Å². The zero-order valence-electron chi connectivity index (χ0n) is 27.1. The smallest absolute Gasteiger partial charge is 0.314 e. The Morgan fingerprint density at radius 3 is 2.67 bits per heavy atom. The van der Waals surface area contributed by atoms with Gasteiger partial charge in [-0.25, -0.2) is 18.2 Å². The first-order valence-corrected chi connectivity index (χ1v) is 18.3. The van der Waals surface area contributed by atoms with Crippen LogP contribution < -0.4 is 5.73 Å². The number of rotatable bonds is 4. The van der Waals surface area contributed by atoms with Crippen molar-refractivity contribution in [2.45, 2.75) is 80.6 Å². The monoisotopic (exact) mass is 711 g/mol. The Morgan fingerprint density at radius 1 is 1.18 bits per heavy atom. The van der Waals surface area contributed by atoms with Crippen molar-refractivity contribution in [2.24, 2.45) is 9.98 Å². The van der Waals surface area contributed by atoms with Gasteiger partial charge in [-0.2, -0.15) is 10.3 Å². The summed E-state index contributed by atoms with van der Waals surface area (Å²) in [5.74, 6) is 0.0270. The van der Waals surface area contributed by atoms with Crippen LogP contribution >= 0.6 is 22.9 Å². The number of benzene rings is 1. The number of nitriles is 1. The quantitative estimate of drug-likeness (QED) is 0.454. The highest BCUT2D eigenvalue weighted by Gasteiger charge is 2.54. The largest absolute Gasteiger partial charge is 0.462 e. The van der Waals surface area contributed by atoms with Crippen LogP contribution in [0.25, 0.3) is 15.7 Å². The Labute approximate surface area is 291 Å². The number of ether oxygens (including phenoxy) is 2. The SMILES string of the molecule is CC12N=C(OC[C@@]34CCCN3C[C@H](F)C4)N=C(N3CC4CCC(C3)N4C3COC3)C1=CC(Cl)=C(c1ccc(F)c3sc(N)c(C#N)c13)C2F. The highest BCUT2D eigenvalue weighted by atomic mass is 35.5. The van der Waals surface area contributed by atoms with Gasteiger partial charge in [0.1, 0.15) is 41.0 Å². The Bertz CT molecular complexity index is 1910. The molecule has 0 radical (unpaired) electrons. The fraction of sp³-hybridized carbons (Fsp3) is 0.571. The molecule has 258 valence electrons. The van der Waals surface area contributed by atoms with Crippen LogP contribution in [0.1, 0.15) is 50.2 Å². The minimum Gasteiger partial charge on any atom is -0.462 e. The van der Waals surface area contributed by atoms with Crippen LogP contribution in [0, 0.1) is 17.1 Å². The Morgan fingerprint density at radius 2 is 1.96 bits per heavy atom. The van der Waals surface area contributed by atoms with Crippen molar-refractivity contribution < 1.29 is 22.6 Å². The summed E-state index contributed by atoms with van der Waals surface area (Å²) in [6.07, 6.45) is 3.27. The lowest BCUT2D eigenvalue weighted by atomic mass is 9.75. The van der Waals surface area contributed by atoms with E-state index in [0.717, 1.165) is 56.8 Å². The second-order valence-corrected chi connectivity index (χ2v) is 16.2. The third-order valence-electron chi connectivity index (χ3n) is 11.9. The standard InChI is InChI=1S/C35H37ClF3N7O2S/c1-34-24(9-25(36)28(30(34)39)22-5-6-26(38)29-27(22)23(11-40)31(41)49-29)32(44-13-19-3-4-20(14-44)46(19)21-15-47-16-21)42-33(43-34)48-17-35-7-2-8-45(35)12-18(37)10-35/h5-6,9,18-21,30H,2-4,7-8,10,12-17,41H2,1H3/t18-,19?,20?,30?,34?,35+/m1/s1. The summed E-state index contributed by atoms with van der Waals surface area (Å²) >= 11 is 7.95. The van der Waals surface area contributed by atoms with Gasteiger partial charge in [0.25, 0.3) is 0 Å². The highest BCUT2D eigenvalue weighted by molar-refractivity contribution is 7.23. The van der Waals surface area contributed by atoms with Gasteiger partial charge in [-0.1, -0.05) is 17.7 Å². The highest BCUT2D eigenvalue weighted by Crippen LogP contribution is 2.50. The predicted octanol–water partition coefficient (Wildman–Crippen LogP) is 5.39. The third-order valence-corrected chi connectivity index (χ3v) is 13.3. The van der Waals surface area contributed by atoms with Crippen molar-refractivity contribution in [1.29, 1.82) is 5.26 Å². The number of allylic oxidation sites excluding steroid dienone is 2. The number of alkyl halides is 2. The normalized spacial score (nSPS) is 34.8. The third kappa shape index (κ3) is 4.74. The van der Waals surface area contributed by atoms with E-state index in [4.69, 9.17) is 36.8 Å². The fourth-order valence-corrected chi connectivity index (χ4v) is 10.8. The van der Waals surface area contributed by atoms with E-state index < -0.39 is 29.2 Å². The summed E-state index contributed by atoms with van der Waals surface area (Å²) in [6, 6.07) is 5.87. The van der Waals surface area contributed by atoms with Crippen molar-refractivity contribution in [3.63, 3.8) is 0 Å². The average molecular weight is 712 g/mol. The maximum atomic E-state index is 17.6. The number of nitrogens with zero attached hydrogens (tertiary/aromatic N) is 6. The van der Waals surface area contributed by atoms with Crippen molar-refractivity contribution in [1.82, 2.24) is 14.7 Å². The molecule has 2 N–H and O–H groups in total. The molecule has 5 saturated heterocycles. The number of fused-ring (bicyclic) bond motifs is 5. The van der Waals surface area contributed by atoms with Crippen molar-refractivity contribution >= 4 is 55.5 Å². The number of likely N-dealkylation sites (tertiary alicyclic amines) is 1. The maximum absolute atomic E-state index is 17.6. The lowest BCUT2D eigenvalue weighted by Crippen LogP contribution is -2.63. The number of aliphatic imine (C=N–C) groups is 2. The second kappa shape index (κ2) is 11.4. The van der Waals surface area contributed by atoms with Gasteiger partial charge < -0.3 is 20.1 Å². The Hall–Kier alpha value is -3.15. The number of nitrogens with two attached hydrogens (primary N) is 1. The van der Waals surface area contributed by atoms with Crippen LogP contribution in [0.15, 0.2) is 38.8 Å². The molecule has 4 unspecified atom stereocenters. The molecule has 1 aromatic heterocycles. The molecule has 1 aliphatic carbocycles. The molecule has 6 aliphatic heterocycles. The predicted molar refractivity (Wildman–Crippen MR) is 184 cm³/mol. The van der Waals surface area contributed by atoms with Crippen LogP contribution in [0.2, 0.25) is 0 Å². The summed E-state index contributed by atoms with van der Waals surface area (Å²) < 4.78 is 59.3. The number of hydrogen-bond acceptors (Lipinski definition) is 10. The van der Waals surface area contributed by atoms with E-state index in [1.54, 1.807) is 13.0 Å². The number of hydrogen-bond donors (Lipinski definition) is 1. The van der Waals surface area contributed by atoms with E-state index in [-0.39, 0.29) is 43.9 Å². The summed E-state index contributed by atoms with van der Waals surface area (Å²) in [5.41, 5.74) is 5.20. The second-order valence-electron chi connectivity index (χ2n) is 14.7. The molecule has 6 atom stereocenters. The molecule has 0 spiro atoms. The summed E-state index contributed by atoms with van der Waals surface area (Å²) in [6.45, 7) is 6.02. The lowest BCUT2D eigenvalue weighted by molar-refractivity contribution is -0.0950. The summed E-state index contributed by atoms with van der Waals surface area (Å²) in [4.78, 5) is 16.8. The van der Waals surface area contributed by atoms with Gasteiger partial charge in [-0.15, -0.1) is 11.3 Å². The first-order valence-electron chi connectivity index (χ1n) is 17.1. The molecule has 7 heterocycles. The van der Waals surface area contributed by atoms with Gasteiger partial charge in [0.15, 0.2) is 6.17 Å². The van der Waals surface area contributed by atoms with E-state index in [0.29, 0.717) is 61.2 Å². The molecule has 1 aromatic carbocycles. The number of amidine groups is 2. The van der Waals surface area contributed by atoms with Crippen LogP contribution in [0.4, 0.5) is 18.2 Å². The van der Waals surface area contributed by atoms with Crippen LogP contribution in [-0.2, 0) is 9.47 Å². The molecule has 9 nitrogen and oxygen atoms in total. The van der Waals surface area contributed by atoms with Gasteiger partial charge in [0.2, 0.25) is 0 Å². The molecule has 2 bridgehead atoms. The van der Waals surface area contributed by atoms with Gasteiger partial charge >= 0.3 is 6.02 Å². The molecule has 49 heavy (non-hydrogen) atoms. The lowest BCUT2D eigenvalue weighted by Gasteiger charge is -2.50. The molecule has 0 amide bonds. The molecule has 0 saturated carbocycles. The van der Waals surface area contributed by atoms with Crippen molar-refractivity contribution in [3.05, 3.63) is 45.8 Å². The first kappa shape index (κ1) is 31.8. The van der Waals surface area contributed by atoms with Crippen LogP contribution in [0.5, 0.6) is 0 Å². The minimum atomic E-state index is -1.81. The van der Waals surface area contributed by atoms with Crippen molar-refractivity contribution in [2.75, 3.05) is 51.7 Å². The number of piperazine rings is 1. The zero-order valence-corrected chi connectivity index (χ0v) is 28.7. The van der Waals surface area contributed by atoms with E-state index in [9.17, 15) is 9.65 Å². The first-order chi connectivity index (χ1) is 23.6. The summed E-state index contributed by atoms with van der Waals surface area (Å²) in [7, 11) is 0. The number of nitrogen functional groups attached to an aromatic ring is 1. The van der Waals surface area contributed by atoms with Gasteiger partial charge in [0.05, 0.1) is 35.1 Å². The maximum Gasteiger partial charge on any atom is 0.314 e. The zero-order chi connectivity index (χ0) is 33.8. The molecule has 2 aromatic rings. The minimum absolute atomic E-state index is 0.0575. The summed E-state index contributed by atoms with van der Waals surface area (Å²) in [5, 5.41) is 10.5. The number of thiophene rings is 1. The average Bonchev–Trinajstić information content (AvgIpc) is 3.74. The Balaban J connectivity index is 1.13. The Kier molecular flexibility index (Phi) is 7.42. The topological polar surface area (TPSA) is 103 Å². The molecular formula is C35H37ClF3N7O2S. The van der Waals surface area contributed by atoms with Crippen molar-refractivity contribution in [3.8, 4) is 6.07 Å². The van der Waals surface area contributed by atoms with E-state index in [2.05, 4.69) is 20.8 Å². The number of halogens is 4. The van der Waals surface area contributed by atoms with Gasteiger partial charge in [0, 0.05) is 59.7 Å². The van der Waals surface area contributed by atoms with E-state index in [1.165, 1.54) is 12.1 Å². The molecular weight excluding hydrogens is 675 g/mol. The van der Waals surface area contributed by atoms with Crippen LogP contribution in [-0.4, -0.2) is 114 Å². The molecule has 7 aliphatic rings. The molecule has 5 fully saturated rings. The number of anilines is 1. The molecule has 9 rings (SSSR count). The van der Waals surface area contributed by atoms with Gasteiger partial charge in [-0.3, -0.25) is 9.80 Å². The van der Waals surface area contributed by atoms with E-state index >= 15 is 8.78 Å². The van der Waals surface area contributed by atoms with Gasteiger partial charge in [-0.05, 0) is 56.9 Å². The fourth-order valence-electron chi connectivity index (χ4n) is 9.51. The van der Waals surface area contributed by atoms with E-state index in [1.807, 2.05) is 0 Å².